The van der Waals surface area contributed by atoms with Crippen molar-refractivity contribution in [3.63, 3.8) is 0 Å². The van der Waals surface area contributed by atoms with Gasteiger partial charge in [0.1, 0.15) is 5.82 Å². The zero-order valence-corrected chi connectivity index (χ0v) is 11.7. The van der Waals surface area contributed by atoms with Gasteiger partial charge in [0.15, 0.2) is 5.82 Å². The predicted molar refractivity (Wildman–Crippen MR) is 78.1 cm³/mol. The Morgan fingerprint density at radius 2 is 1.77 bits per heavy atom. The molecule has 5 nitrogen and oxygen atoms in total. The van der Waals surface area contributed by atoms with Crippen LogP contribution < -0.4 is 0 Å². The molecule has 0 atom stereocenters. The molecule has 0 aliphatic rings. The third-order valence-corrected chi connectivity index (χ3v) is 3.08. The lowest BCUT2D eigenvalue weighted by Gasteiger charge is -2.03. The van der Waals surface area contributed by atoms with Gasteiger partial charge in [-0.25, -0.2) is 18.9 Å². The molecule has 0 unspecified atom stereocenters. The highest BCUT2D eigenvalue weighted by atomic mass is 19.1. The second-order valence-electron chi connectivity index (χ2n) is 4.50. The van der Waals surface area contributed by atoms with E-state index in [0.717, 1.165) is 5.56 Å². The molecule has 3 aromatic rings. The maximum absolute atomic E-state index is 13.1. The van der Waals surface area contributed by atoms with E-state index in [1.54, 1.807) is 0 Å². The van der Waals surface area contributed by atoms with E-state index in [0.29, 0.717) is 11.5 Å². The van der Waals surface area contributed by atoms with Crippen molar-refractivity contribution in [2.45, 2.75) is 0 Å². The molecule has 110 valence electrons. The molecule has 0 fully saturated rings. The van der Waals surface area contributed by atoms with Crippen LogP contribution in [0.3, 0.4) is 0 Å². The average Bonchev–Trinajstić information content (AvgIpc) is 3.01. The molecule has 0 aliphatic carbocycles. The van der Waals surface area contributed by atoms with Crippen molar-refractivity contribution in [3.8, 4) is 17.1 Å². The maximum Gasteiger partial charge on any atom is 0.376 e. The van der Waals surface area contributed by atoms with Crippen molar-refractivity contribution in [2.75, 3.05) is 7.11 Å². The molecule has 0 N–H and O–H groups in total. The van der Waals surface area contributed by atoms with E-state index in [9.17, 15) is 9.18 Å². The van der Waals surface area contributed by atoms with Crippen LogP contribution in [0.4, 0.5) is 4.39 Å². The molecule has 1 heterocycles. The van der Waals surface area contributed by atoms with Crippen LogP contribution in [-0.2, 0) is 4.74 Å². The van der Waals surface area contributed by atoms with Gasteiger partial charge < -0.3 is 4.74 Å². The summed E-state index contributed by atoms with van der Waals surface area (Å²) in [7, 11) is 1.27. The molecule has 0 saturated carbocycles. The molecule has 0 bridgehead atoms. The number of hydrogen-bond donors (Lipinski definition) is 0. The Kier molecular flexibility index (Phi) is 3.65. The zero-order valence-electron chi connectivity index (χ0n) is 11.7. The molecular formula is C16H12FN3O2. The highest BCUT2D eigenvalue weighted by Crippen LogP contribution is 2.18. The number of carbonyl (C=O) groups is 1. The highest BCUT2D eigenvalue weighted by molar-refractivity contribution is 5.86. The second kappa shape index (κ2) is 5.77. The fourth-order valence-corrected chi connectivity index (χ4v) is 2.01. The standard InChI is InChI=1S/C16H12FN3O2/c1-22-16(21)15-18-14(11-5-3-2-4-6-11)19-20(15)13-9-7-12(17)8-10-13/h2-10H,1H3. The summed E-state index contributed by atoms with van der Waals surface area (Å²) in [6.45, 7) is 0. The van der Waals surface area contributed by atoms with E-state index < -0.39 is 5.97 Å². The molecule has 3 rings (SSSR count). The summed E-state index contributed by atoms with van der Waals surface area (Å²) in [6.07, 6.45) is 0. The minimum absolute atomic E-state index is 0.0351. The van der Waals surface area contributed by atoms with Crippen LogP contribution in [0.25, 0.3) is 17.1 Å². The zero-order chi connectivity index (χ0) is 15.5. The van der Waals surface area contributed by atoms with E-state index in [-0.39, 0.29) is 11.6 Å². The number of rotatable bonds is 3. The Balaban J connectivity index is 2.13. The summed E-state index contributed by atoms with van der Waals surface area (Å²) in [4.78, 5) is 16.1. The lowest BCUT2D eigenvalue weighted by Crippen LogP contribution is -2.11. The average molecular weight is 297 g/mol. The van der Waals surface area contributed by atoms with Crippen LogP contribution in [0.1, 0.15) is 10.6 Å². The van der Waals surface area contributed by atoms with Gasteiger partial charge >= 0.3 is 5.97 Å². The van der Waals surface area contributed by atoms with Gasteiger partial charge in [0.2, 0.25) is 5.82 Å². The van der Waals surface area contributed by atoms with E-state index in [2.05, 4.69) is 10.1 Å². The van der Waals surface area contributed by atoms with Gasteiger partial charge in [-0.3, -0.25) is 0 Å². The number of halogens is 1. The van der Waals surface area contributed by atoms with E-state index in [1.165, 1.54) is 36.1 Å². The van der Waals surface area contributed by atoms with Crippen LogP contribution in [0.2, 0.25) is 0 Å². The summed E-state index contributed by atoms with van der Waals surface area (Å²) in [5.41, 5.74) is 1.30. The first-order chi connectivity index (χ1) is 10.7. The number of benzene rings is 2. The quantitative estimate of drug-likeness (QED) is 0.698. The normalized spacial score (nSPS) is 10.5. The Morgan fingerprint density at radius 3 is 2.41 bits per heavy atom. The summed E-state index contributed by atoms with van der Waals surface area (Å²) in [5, 5.41) is 4.33. The van der Waals surface area contributed by atoms with E-state index in [4.69, 9.17) is 4.74 Å². The number of carbonyl (C=O) groups excluding carboxylic acids is 1. The Hall–Kier alpha value is -3.02. The monoisotopic (exact) mass is 297 g/mol. The summed E-state index contributed by atoms with van der Waals surface area (Å²) < 4.78 is 19.1. The van der Waals surface area contributed by atoms with Crippen molar-refractivity contribution in [3.05, 3.63) is 66.2 Å². The largest absolute Gasteiger partial charge is 0.463 e. The van der Waals surface area contributed by atoms with Gasteiger partial charge in [-0.05, 0) is 24.3 Å². The summed E-state index contributed by atoms with van der Waals surface area (Å²) >= 11 is 0. The maximum atomic E-state index is 13.1. The number of aromatic nitrogens is 3. The lowest BCUT2D eigenvalue weighted by atomic mass is 10.2. The first-order valence-corrected chi connectivity index (χ1v) is 6.56. The van der Waals surface area contributed by atoms with Crippen molar-refractivity contribution in [1.82, 2.24) is 14.8 Å². The number of hydrogen-bond acceptors (Lipinski definition) is 4. The van der Waals surface area contributed by atoms with Gasteiger partial charge in [0, 0.05) is 5.56 Å². The van der Waals surface area contributed by atoms with Crippen molar-refractivity contribution < 1.29 is 13.9 Å². The van der Waals surface area contributed by atoms with Crippen molar-refractivity contribution in [2.24, 2.45) is 0 Å². The second-order valence-corrected chi connectivity index (χ2v) is 4.50. The number of esters is 1. The number of methoxy groups -OCH3 is 1. The van der Waals surface area contributed by atoms with Gasteiger partial charge in [-0.1, -0.05) is 30.3 Å². The topological polar surface area (TPSA) is 57.0 Å². The van der Waals surface area contributed by atoms with Gasteiger partial charge in [-0.15, -0.1) is 5.10 Å². The Labute approximate surface area is 126 Å². The predicted octanol–water partition coefficient (Wildman–Crippen LogP) is 2.86. The van der Waals surface area contributed by atoms with Crippen LogP contribution in [-0.4, -0.2) is 27.8 Å². The van der Waals surface area contributed by atoms with Gasteiger partial charge in [-0.2, -0.15) is 0 Å². The third kappa shape index (κ3) is 2.58. The smallest absolute Gasteiger partial charge is 0.376 e. The summed E-state index contributed by atoms with van der Waals surface area (Å²) in [6, 6.07) is 14.9. The van der Waals surface area contributed by atoms with E-state index in [1.807, 2.05) is 30.3 Å². The Morgan fingerprint density at radius 1 is 1.09 bits per heavy atom. The Bertz CT molecular complexity index is 798. The highest BCUT2D eigenvalue weighted by Gasteiger charge is 2.20. The summed E-state index contributed by atoms with van der Waals surface area (Å²) in [5.74, 6) is -0.552. The van der Waals surface area contributed by atoms with Crippen LogP contribution >= 0.6 is 0 Å². The molecule has 6 heteroatoms. The van der Waals surface area contributed by atoms with Gasteiger partial charge in [0.25, 0.3) is 0 Å². The van der Waals surface area contributed by atoms with Crippen LogP contribution in [0.5, 0.6) is 0 Å². The molecule has 2 aromatic carbocycles. The fourth-order valence-electron chi connectivity index (χ4n) is 2.01. The SMILES string of the molecule is COC(=O)c1nc(-c2ccccc2)nn1-c1ccc(F)cc1. The van der Waals surface area contributed by atoms with Crippen LogP contribution in [0, 0.1) is 5.82 Å². The lowest BCUT2D eigenvalue weighted by molar-refractivity contribution is 0.0583. The van der Waals surface area contributed by atoms with Crippen molar-refractivity contribution in [1.29, 1.82) is 0 Å². The molecule has 22 heavy (non-hydrogen) atoms. The molecule has 0 aliphatic heterocycles. The molecule has 0 spiro atoms. The first-order valence-electron chi connectivity index (χ1n) is 6.56. The molecule has 0 radical (unpaired) electrons. The number of ether oxygens (including phenoxy) is 1. The fraction of sp³-hybridized carbons (Fsp3) is 0.0625. The van der Waals surface area contributed by atoms with Crippen LogP contribution in [0.15, 0.2) is 54.6 Å². The number of nitrogens with zero attached hydrogens (tertiary/aromatic N) is 3. The molecule has 1 aromatic heterocycles. The molecular weight excluding hydrogens is 285 g/mol. The van der Waals surface area contributed by atoms with Crippen molar-refractivity contribution >= 4 is 5.97 Å². The minimum Gasteiger partial charge on any atom is -0.463 e. The molecule has 0 amide bonds. The minimum atomic E-state index is -0.612. The third-order valence-electron chi connectivity index (χ3n) is 3.08. The van der Waals surface area contributed by atoms with Gasteiger partial charge in [0.05, 0.1) is 12.8 Å². The first kappa shape index (κ1) is 13.9. The van der Waals surface area contributed by atoms with E-state index >= 15 is 0 Å². The molecule has 0 saturated heterocycles.